The number of ether oxygens (including phenoxy) is 1. The Kier molecular flexibility index (Phi) is 6.37. The van der Waals surface area contributed by atoms with Crippen LogP contribution in [0, 0.1) is 5.92 Å². The van der Waals surface area contributed by atoms with E-state index in [1.165, 1.54) is 0 Å². The lowest BCUT2D eigenvalue weighted by Crippen LogP contribution is -2.48. The van der Waals surface area contributed by atoms with E-state index in [-0.39, 0.29) is 11.8 Å². The summed E-state index contributed by atoms with van der Waals surface area (Å²) < 4.78 is 5.24. The first-order chi connectivity index (χ1) is 12.2. The Morgan fingerprint density at radius 3 is 2.31 bits per heavy atom. The van der Waals surface area contributed by atoms with Gasteiger partial charge in [-0.15, -0.1) is 11.3 Å². The molecule has 1 heterocycles. The van der Waals surface area contributed by atoms with Gasteiger partial charge in [0.1, 0.15) is 16.7 Å². The number of hydrogen-bond donors (Lipinski definition) is 2. The zero-order valence-corrected chi connectivity index (χ0v) is 16.5. The lowest BCUT2D eigenvalue weighted by molar-refractivity contribution is -0.119. The molecule has 0 fully saturated rings. The molecule has 1 aromatic heterocycles. The number of nitrogens with zero attached hydrogens (tertiary/aromatic N) is 1. The Balaban J connectivity index is 2.02. The minimum Gasteiger partial charge on any atom is -0.444 e. The van der Waals surface area contributed by atoms with Crippen molar-refractivity contribution in [2.24, 2.45) is 5.92 Å². The van der Waals surface area contributed by atoms with Crippen molar-refractivity contribution in [2.45, 2.75) is 46.3 Å². The second kappa shape index (κ2) is 8.31. The maximum absolute atomic E-state index is 12.6. The largest absolute Gasteiger partial charge is 0.444 e. The molecule has 7 heteroatoms. The van der Waals surface area contributed by atoms with Crippen LogP contribution in [-0.2, 0) is 9.53 Å². The molecule has 6 nitrogen and oxygen atoms in total. The van der Waals surface area contributed by atoms with E-state index in [9.17, 15) is 9.59 Å². The average molecular weight is 375 g/mol. The number of thiazole rings is 1. The van der Waals surface area contributed by atoms with Gasteiger partial charge in [0.15, 0.2) is 0 Å². The maximum Gasteiger partial charge on any atom is 0.408 e. The molecule has 0 radical (unpaired) electrons. The predicted molar refractivity (Wildman–Crippen MR) is 104 cm³/mol. The Labute approximate surface area is 158 Å². The number of carbonyl (C=O) groups is 2. The highest BCUT2D eigenvalue weighted by atomic mass is 32.1. The van der Waals surface area contributed by atoms with Crippen molar-refractivity contribution in [3.05, 3.63) is 35.8 Å². The molecule has 2 rings (SSSR count). The van der Waals surface area contributed by atoms with Crippen LogP contribution in [-0.4, -0.2) is 28.6 Å². The van der Waals surface area contributed by atoms with Crippen molar-refractivity contribution in [1.29, 1.82) is 0 Å². The van der Waals surface area contributed by atoms with Crippen molar-refractivity contribution in [1.82, 2.24) is 10.3 Å². The number of alkyl carbamates (subject to hydrolysis) is 1. The number of carbonyl (C=O) groups excluding carboxylic acids is 2. The lowest BCUT2D eigenvalue weighted by Gasteiger charge is -2.25. The first kappa shape index (κ1) is 19.9. The van der Waals surface area contributed by atoms with Crippen LogP contribution in [0.4, 0.5) is 10.5 Å². The summed E-state index contributed by atoms with van der Waals surface area (Å²) in [5, 5.41) is 8.33. The fourth-order valence-corrected chi connectivity index (χ4v) is 2.90. The molecule has 0 aliphatic heterocycles. The van der Waals surface area contributed by atoms with Gasteiger partial charge in [-0.05, 0) is 51.0 Å². The van der Waals surface area contributed by atoms with E-state index in [4.69, 9.17) is 4.74 Å². The number of hydrogen-bond acceptors (Lipinski definition) is 5. The van der Waals surface area contributed by atoms with Gasteiger partial charge >= 0.3 is 6.09 Å². The molecule has 0 aliphatic carbocycles. The average Bonchev–Trinajstić information content (AvgIpc) is 3.05. The van der Waals surface area contributed by atoms with Crippen molar-refractivity contribution in [3.63, 3.8) is 0 Å². The highest BCUT2D eigenvalue weighted by molar-refractivity contribution is 7.13. The molecule has 0 aliphatic rings. The fourth-order valence-electron chi connectivity index (χ4n) is 2.25. The number of nitrogens with one attached hydrogen (secondary N) is 2. The number of anilines is 1. The van der Waals surface area contributed by atoms with Crippen LogP contribution in [0.1, 0.15) is 34.6 Å². The molecule has 0 saturated heterocycles. The van der Waals surface area contributed by atoms with Gasteiger partial charge in [-0.2, -0.15) is 0 Å². The maximum atomic E-state index is 12.6. The molecule has 0 bridgehead atoms. The first-order valence-electron chi connectivity index (χ1n) is 8.46. The smallest absolute Gasteiger partial charge is 0.408 e. The summed E-state index contributed by atoms with van der Waals surface area (Å²) in [7, 11) is 0. The van der Waals surface area contributed by atoms with Crippen molar-refractivity contribution < 1.29 is 14.3 Å². The molecule has 1 unspecified atom stereocenters. The second-order valence-corrected chi connectivity index (χ2v) is 8.17. The van der Waals surface area contributed by atoms with E-state index < -0.39 is 17.7 Å². The normalized spacial score (nSPS) is 12.5. The third kappa shape index (κ3) is 5.84. The number of amides is 2. The fraction of sp³-hybridized carbons (Fsp3) is 0.421. The minimum atomic E-state index is -0.691. The van der Waals surface area contributed by atoms with E-state index in [1.54, 1.807) is 38.3 Å². The summed E-state index contributed by atoms with van der Waals surface area (Å²) in [5.41, 5.74) is 1.03. The zero-order valence-electron chi connectivity index (χ0n) is 15.7. The molecule has 0 saturated carbocycles. The van der Waals surface area contributed by atoms with Gasteiger partial charge in [-0.25, -0.2) is 9.78 Å². The molecule has 26 heavy (non-hydrogen) atoms. The Bertz CT molecular complexity index is 734. The molecule has 2 aromatic rings. The Morgan fingerprint density at radius 1 is 1.15 bits per heavy atom. The van der Waals surface area contributed by atoms with Gasteiger partial charge in [0.25, 0.3) is 0 Å². The topological polar surface area (TPSA) is 80.3 Å². The van der Waals surface area contributed by atoms with Crippen LogP contribution in [0.25, 0.3) is 10.6 Å². The SMILES string of the molecule is CC(C)C(NC(=O)OC(C)(C)C)C(=O)Nc1ccc(-c2nccs2)cc1. The van der Waals surface area contributed by atoms with Crippen molar-refractivity contribution >= 4 is 29.0 Å². The van der Waals surface area contributed by atoms with Crippen LogP contribution in [0.2, 0.25) is 0 Å². The van der Waals surface area contributed by atoms with Gasteiger partial charge in [-0.3, -0.25) is 4.79 Å². The highest BCUT2D eigenvalue weighted by Gasteiger charge is 2.27. The Hall–Kier alpha value is -2.41. The molecule has 0 spiro atoms. The summed E-state index contributed by atoms with van der Waals surface area (Å²) in [5.74, 6) is -0.370. The summed E-state index contributed by atoms with van der Waals surface area (Å²) in [4.78, 5) is 28.8. The highest BCUT2D eigenvalue weighted by Crippen LogP contribution is 2.23. The number of benzene rings is 1. The van der Waals surface area contributed by atoms with Crippen LogP contribution in [0.5, 0.6) is 0 Å². The summed E-state index contributed by atoms with van der Waals surface area (Å²) >= 11 is 1.56. The van der Waals surface area contributed by atoms with E-state index in [0.717, 1.165) is 10.6 Å². The lowest BCUT2D eigenvalue weighted by atomic mass is 10.0. The standard InChI is InChI=1S/C19H25N3O3S/c1-12(2)15(22-18(24)25-19(3,4)5)16(23)21-14-8-6-13(7-9-14)17-20-10-11-26-17/h6-12,15H,1-5H3,(H,21,23)(H,22,24). The molecule has 140 valence electrons. The van der Waals surface area contributed by atoms with Gasteiger partial charge in [0.05, 0.1) is 0 Å². The van der Waals surface area contributed by atoms with E-state index in [1.807, 2.05) is 43.5 Å². The van der Waals surface area contributed by atoms with Crippen LogP contribution >= 0.6 is 11.3 Å². The third-order valence-electron chi connectivity index (χ3n) is 3.45. The monoisotopic (exact) mass is 375 g/mol. The summed E-state index contributed by atoms with van der Waals surface area (Å²) in [6.45, 7) is 9.07. The van der Waals surface area contributed by atoms with Crippen LogP contribution in [0.15, 0.2) is 35.8 Å². The molecule has 1 aromatic carbocycles. The van der Waals surface area contributed by atoms with Crippen LogP contribution in [0.3, 0.4) is 0 Å². The predicted octanol–water partition coefficient (Wildman–Crippen LogP) is 4.30. The van der Waals surface area contributed by atoms with Gasteiger partial charge in [0, 0.05) is 22.8 Å². The number of aromatic nitrogens is 1. The summed E-state index contributed by atoms with van der Waals surface area (Å²) in [6, 6.07) is 6.75. The molecule has 1 atom stereocenters. The second-order valence-electron chi connectivity index (χ2n) is 7.27. The summed E-state index contributed by atoms with van der Waals surface area (Å²) in [6.07, 6.45) is 1.15. The minimum absolute atomic E-state index is 0.0860. The molecular formula is C19H25N3O3S. The van der Waals surface area contributed by atoms with E-state index in [2.05, 4.69) is 15.6 Å². The third-order valence-corrected chi connectivity index (χ3v) is 4.28. The van der Waals surface area contributed by atoms with Crippen LogP contribution < -0.4 is 10.6 Å². The van der Waals surface area contributed by atoms with Crippen molar-refractivity contribution in [3.8, 4) is 10.6 Å². The molecule has 2 N–H and O–H groups in total. The van der Waals surface area contributed by atoms with Gasteiger partial charge in [-0.1, -0.05) is 13.8 Å². The van der Waals surface area contributed by atoms with E-state index >= 15 is 0 Å². The van der Waals surface area contributed by atoms with E-state index in [0.29, 0.717) is 5.69 Å². The molecule has 2 amide bonds. The molecular weight excluding hydrogens is 350 g/mol. The number of rotatable bonds is 5. The van der Waals surface area contributed by atoms with Gasteiger partial charge in [0.2, 0.25) is 5.91 Å². The quantitative estimate of drug-likeness (QED) is 0.816. The zero-order chi connectivity index (χ0) is 19.3. The Morgan fingerprint density at radius 2 is 1.81 bits per heavy atom. The first-order valence-corrected chi connectivity index (χ1v) is 9.34. The van der Waals surface area contributed by atoms with Crippen molar-refractivity contribution in [2.75, 3.05) is 5.32 Å². The van der Waals surface area contributed by atoms with Gasteiger partial charge < -0.3 is 15.4 Å².